The Kier molecular flexibility index (Phi) is 9.58. The number of nitrogens with zero attached hydrogens (tertiary/aromatic N) is 2. The van der Waals surface area contributed by atoms with Gasteiger partial charge in [-0.25, -0.2) is 0 Å². The average Bonchev–Trinajstić information content (AvgIpc) is 4.32. The van der Waals surface area contributed by atoms with Gasteiger partial charge in [-0.15, -0.1) is 0 Å². The van der Waals surface area contributed by atoms with Gasteiger partial charge in [-0.2, -0.15) is 0 Å². The number of aromatic nitrogens is 2. The minimum atomic E-state index is -0.553. The van der Waals surface area contributed by atoms with Crippen LogP contribution in [-0.4, -0.2) is 9.13 Å². The van der Waals surface area contributed by atoms with Crippen LogP contribution in [0.5, 0.6) is 0 Å². The number of hydrogen-bond acceptors (Lipinski definition) is 0. The van der Waals surface area contributed by atoms with Crippen LogP contribution >= 0.6 is 0 Å². The van der Waals surface area contributed by atoms with Crippen molar-refractivity contribution in [2.24, 2.45) is 0 Å². The molecule has 1 aliphatic carbocycles. The summed E-state index contributed by atoms with van der Waals surface area (Å²) in [5, 5.41) is 9.78. The molecule has 77 heavy (non-hydrogen) atoms. The zero-order chi connectivity index (χ0) is 50.6. The molecule has 0 amide bonds. The molecule has 0 unspecified atom stereocenters. The molecular weight excluding hydrogens is 929 g/mol. The van der Waals surface area contributed by atoms with Crippen LogP contribution in [0.25, 0.3) is 121 Å². The highest BCUT2D eigenvalue weighted by atomic mass is 15.0. The molecule has 0 saturated heterocycles. The Balaban J connectivity index is 1.05. The van der Waals surface area contributed by atoms with Gasteiger partial charge in [0, 0.05) is 44.0 Å². The lowest BCUT2D eigenvalue weighted by molar-refractivity contribution is 0.769. The molecular formula is C75H48N2. The molecule has 0 fully saturated rings. The molecule has 2 heterocycles. The van der Waals surface area contributed by atoms with Gasteiger partial charge in [0.2, 0.25) is 0 Å². The fraction of sp³-hybridized carbons (Fsp3) is 0.0133. The van der Waals surface area contributed by atoms with Crippen LogP contribution in [0.15, 0.2) is 291 Å². The molecule has 0 N–H and O–H groups in total. The van der Waals surface area contributed by atoms with Crippen molar-refractivity contribution < 1.29 is 0 Å². The van der Waals surface area contributed by atoms with E-state index in [1.54, 1.807) is 0 Å². The predicted molar refractivity (Wildman–Crippen MR) is 324 cm³/mol. The van der Waals surface area contributed by atoms with Crippen molar-refractivity contribution in [2.75, 3.05) is 0 Å². The van der Waals surface area contributed by atoms with Crippen LogP contribution in [0.3, 0.4) is 0 Å². The van der Waals surface area contributed by atoms with Crippen LogP contribution < -0.4 is 0 Å². The Morgan fingerprint density at radius 1 is 0.234 bits per heavy atom. The molecule has 2 heteroatoms. The van der Waals surface area contributed by atoms with Gasteiger partial charge in [0.25, 0.3) is 0 Å². The van der Waals surface area contributed by atoms with Gasteiger partial charge in [-0.3, -0.25) is 0 Å². The molecule has 2 aromatic heterocycles. The summed E-state index contributed by atoms with van der Waals surface area (Å²) in [5.41, 5.74) is 21.3. The summed E-state index contributed by atoms with van der Waals surface area (Å²) in [5.74, 6) is 0. The molecule has 15 aromatic rings. The van der Waals surface area contributed by atoms with Crippen LogP contribution in [-0.2, 0) is 5.41 Å². The fourth-order valence-corrected chi connectivity index (χ4v) is 13.7. The lowest BCUT2D eigenvalue weighted by Crippen LogP contribution is -2.28. The number of hydrogen-bond donors (Lipinski definition) is 0. The van der Waals surface area contributed by atoms with E-state index in [-0.39, 0.29) is 0 Å². The third-order valence-corrected chi connectivity index (χ3v) is 16.8. The van der Waals surface area contributed by atoms with Crippen molar-refractivity contribution in [1.29, 1.82) is 0 Å². The van der Waals surface area contributed by atoms with E-state index in [1.165, 1.54) is 132 Å². The van der Waals surface area contributed by atoms with E-state index in [0.29, 0.717) is 0 Å². The number of para-hydroxylation sites is 6. The number of rotatable bonds is 7. The first-order valence-electron chi connectivity index (χ1n) is 26.8. The smallest absolute Gasteiger partial charge is 0.0713 e. The van der Waals surface area contributed by atoms with Crippen LogP contribution in [0, 0.1) is 0 Å². The standard InChI is InChI=1S/C75H48N2/c1-5-23-50(24-6-1)75(51-25-7-2-8-26-51)68-42-16-13-31-56(68)57-46-45-49(47-69(57)75)72-60-36-19-34-54(62-38-21-40-64-58-32-14-17-43-70(58)76(73(62)64)52-27-9-3-10-28-52)66(60)48-67-55(35-20-37-61(67)72)63-39-22-41-65-59-33-15-18-44-71(59)77(74(63)65)53-29-11-4-12-30-53/h1-48H. The molecule has 358 valence electrons. The maximum absolute atomic E-state index is 2.55. The molecule has 13 aromatic carbocycles. The predicted octanol–water partition coefficient (Wildman–Crippen LogP) is 19.6. The molecule has 1 aliphatic rings. The molecule has 0 aliphatic heterocycles. The molecule has 0 saturated carbocycles. The van der Waals surface area contributed by atoms with E-state index in [1.807, 2.05) is 0 Å². The Hall–Kier alpha value is -10.0. The normalized spacial score (nSPS) is 12.8. The summed E-state index contributed by atoms with van der Waals surface area (Å²) in [4.78, 5) is 0. The fourth-order valence-electron chi connectivity index (χ4n) is 13.7. The highest BCUT2D eigenvalue weighted by Gasteiger charge is 2.46. The van der Waals surface area contributed by atoms with Gasteiger partial charge < -0.3 is 9.13 Å². The minimum absolute atomic E-state index is 0.553. The van der Waals surface area contributed by atoms with E-state index >= 15 is 0 Å². The number of benzene rings is 13. The second kappa shape index (κ2) is 17.0. The summed E-state index contributed by atoms with van der Waals surface area (Å²) in [7, 11) is 0. The summed E-state index contributed by atoms with van der Waals surface area (Å²) in [6, 6.07) is 109. The Labute approximate surface area is 446 Å². The third-order valence-electron chi connectivity index (χ3n) is 16.8. The van der Waals surface area contributed by atoms with Crippen molar-refractivity contribution in [3.8, 4) is 55.9 Å². The maximum atomic E-state index is 2.55. The highest BCUT2D eigenvalue weighted by Crippen LogP contribution is 2.58. The van der Waals surface area contributed by atoms with Gasteiger partial charge in [-0.05, 0) is 126 Å². The van der Waals surface area contributed by atoms with Crippen LogP contribution in [0.4, 0.5) is 0 Å². The lowest BCUT2D eigenvalue weighted by Gasteiger charge is -2.34. The number of fused-ring (bicyclic) bond motifs is 11. The Morgan fingerprint density at radius 2 is 0.623 bits per heavy atom. The monoisotopic (exact) mass is 976 g/mol. The SMILES string of the molecule is c1ccc(-n2c3ccccc3c3cccc(-c4cccc5c(-c6ccc7c(c6)C(c6ccccc6)(c6ccccc6)c6ccccc6-7)c6cccc(-c7cccc8c9ccccc9n(-c9ccccc9)c78)c6cc45)c32)cc1. The Morgan fingerprint density at radius 3 is 1.14 bits per heavy atom. The van der Waals surface area contributed by atoms with Crippen LogP contribution in [0.1, 0.15) is 22.3 Å². The maximum Gasteiger partial charge on any atom is 0.0713 e. The summed E-state index contributed by atoms with van der Waals surface area (Å²) < 4.78 is 4.94. The Bertz CT molecular complexity index is 4580. The van der Waals surface area contributed by atoms with Crippen molar-refractivity contribution in [1.82, 2.24) is 9.13 Å². The van der Waals surface area contributed by atoms with Crippen LogP contribution in [0.2, 0.25) is 0 Å². The van der Waals surface area contributed by atoms with Gasteiger partial charge in [0.1, 0.15) is 0 Å². The first kappa shape index (κ1) is 43.4. The van der Waals surface area contributed by atoms with Crippen molar-refractivity contribution in [2.45, 2.75) is 5.41 Å². The lowest BCUT2D eigenvalue weighted by atomic mass is 9.67. The molecule has 0 radical (unpaired) electrons. The topological polar surface area (TPSA) is 9.86 Å². The minimum Gasteiger partial charge on any atom is -0.309 e. The average molecular weight is 977 g/mol. The van der Waals surface area contributed by atoms with Gasteiger partial charge >= 0.3 is 0 Å². The third kappa shape index (κ3) is 6.24. The zero-order valence-corrected chi connectivity index (χ0v) is 42.1. The largest absolute Gasteiger partial charge is 0.309 e. The first-order valence-corrected chi connectivity index (χ1v) is 26.8. The van der Waals surface area contributed by atoms with Gasteiger partial charge in [0.05, 0.1) is 27.5 Å². The van der Waals surface area contributed by atoms with Crippen molar-refractivity contribution >= 4 is 65.2 Å². The quantitative estimate of drug-likeness (QED) is 0.141. The van der Waals surface area contributed by atoms with Crippen molar-refractivity contribution in [3.63, 3.8) is 0 Å². The summed E-state index contributed by atoms with van der Waals surface area (Å²) in [6.07, 6.45) is 0. The molecule has 2 nitrogen and oxygen atoms in total. The second-order valence-corrected chi connectivity index (χ2v) is 20.6. The van der Waals surface area contributed by atoms with E-state index in [0.717, 1.165) is 11.4 Å². The molecule has 0 bridgehead atoms. The summed E-state index contributed by atoms with van der Waals surface area (Å²) >= 11 is 0. The van der Waals surface area contributed by atoms with E-state index in [4.69, 9.17) is 0 Å². The zero-order valence-electron chi connectivity index (χ0n) is 42.1. The molecule has 0 atom stereocenters. The van der Waals surface area contributed by atoms with Gasteiger partial charge in [-0.1, -0.05) is 243 Å². The summed E-state index contributed by atoms with van der Waals surface area (Å²) in [6.45, 7) is 0. The first-order chi connectivity index (χ1) is 38.3. The van der Waals surface area contributed by atoms with E-state index in [9.17, 15) is 0 Å². The second-order valence-electron chi connectivity index (χ2n) is 20.6. The highest BCUT2D eigenvalue weighted by molar-refractivity contribution is 6.23. The molecule has 16 rings (SSSR count). The van der Waals surface area contributed by atoms with Gasteiger partial charge in [0.15, 0.2) is 0 Å². The van der Waals surface area contributed by atoms with Crippen molar-refractivity contribution in [3.05, 3.63) is 313 Å². The van der Waals surface area contributed by atoms with E-state index < -0.39 is 5.41 Å². The van der Waals surface area contributed by atoms with E-state index in [2.05, 4.69) is 300 Å². The molecule has 0 spiro atoms.